The highest BCUT2D eigenvalue weighted by molar-refractivity contribution is 5.77. The van der Waals surface area contributed by atoms with Crippen LogP contribution in [0.2, 0.25) is 0 Å². The summed E-state index contributed by atoms with van der Waals surface area (Å²) in [5, 5.41) is 3.11. The summed E-state index contributed by atoms with van der Waals surface area (Å²) in [5.74, 6) is 0.248. The lowest BCUT2D eigenvalue weighted by atomic mass is 9.90. The SMILES string of the molecule is C[C@H]1NC(=O)C[C@H]2CCC[C@H]1[N+]2(C)C. The van der Waals surface area contributed by atoms with Crippen molar-refractivity contribution in [3.63, 3.8) is 0 Å². The Morgan fingerprint density at radius 3 is 2.79 bits per heavy atom. The van der Waals surface area contributed by atoms with Gasteiger partial charge in [-0.25, -0.2) is 0 Å². The van der Waals surface area contributed by atoms with E-state index in [-0.39, 0.29) is 5.91 Å². The van der Waals surface area contributed by atoms with E-state index in [0.717, 1.165) is 4.48 Å². The van der Waals surface area contributed by atoms with Crippen LogP contribution in [0.4, 0.5) is 0 Å². The fraction of sp³-hybridized carbons (Fsp3) is 0.909. The Kier molecular flexibility index (Phi) is 2.30. The maximum absolute atomic E-state index is 11.6. The molecule has 0 saturated carbocycles. The quantitative estimate of drug-likeness (QED) is 0.574. The van der Waals surface area contributed by atoms with Crippen LogP contribution in [-0.4, -0.2) is 42.6 Å². The van der Waals surface area contributed by atoms with Crippen LogP contribution in [0, 0.1) is 0 Å². The van der Waals surface area contributed by atoms with Crippen molar-refractivity contribution in [2.24, 2.45) is 0 Å². The smallest absolute Gasteiger partial charge is 0.226 e. The molecule has 2 heterocycles. The maximum atomic E-state index is 11.6. The zero-order valence-electron chi connectivity index (χ0n) is 9.42. The van der Waals surface area contributed by atoms with Gasteiger partial charge in [0.1, 0.15) is 6.04 Å². The molecule has 3 nitrogen and oxygen atoms in total. The minimum Gasteiger partial charge on any atom is -0.347 e. The first-order valence-electron chi connectivity index (χ1n) is 5.64. The summed E-state index contributed by atoms with van der Waals surface area (Å²) >= 11 is 0. The number of likely N-dealkylation sites (N-methyl/N-ethyl adjacent to an activating group) is 1. The number of carbonyl (C=O) groups is 1. The molecule has 0 unspecified atom stereocenters. The van der Waals surface area contributed by atoms with E-state index in [1.165, 1.54) is 19.3 Å². The second kappa shape index (κ2) is 3.23. The fourth-order valence-electron chi connectivity index (χ4n) is 3.29. The Morgan fingerprint density at radius 2 is 2.07 bits per heavy atom. The summed E-state index contributed by atoms with van der Waals surface area (Å²) < 4.78 is 1.03. The fourth-order valence-corrected chi connectivity index (χ4v) is 3.29. The second-order valence-electron chi connectivity index (χ2n) is 5.34. The zero-order valence-corrected chi connectivity index (χ0v) is 9.42. The minimum absolute atomic E-state index is 0.248. The van der Waals surface area contributed by atoms with Crippen molar-refractivity contribution in [2.75, 3.05) is 14.1 Å². The third-order valence-corrected chi connectivity index (χ3v) is 4.22. The molecule has 80 valence electrons. The zero-order chi connectivity index (χ0) is 10.3. The van der Waals surface area contributed by atoms with Gasteiger partial charge in [-0.3, -0.25) is 4.79 Å². The van der Waals surface area contributed by atoms with Gasteiger partial charge in [0.2, 0.25) is 5.91 Å². The minimum atomic E-state index is 0.248. The maximum Gasteiger partial charge on any atom is 0.226 e. The van der Waals surface area contributed by atoms with Crippen molar-refractivity contribution < 1.29 is 9.28 Å². The average molecular weight is 197 g/mol. The van der Waals surface area contributed by atoms with E-state index in [2.05, 4.69) is 26.3 Å². The molecule has 0 aromatic heterocycles. The lowest BCUT2D eigenvalue weighted by Gasteiger charge is -2.47. The highest BCUT2D eigenvalue weighted by Crippen LogP contribution is 2.33. The van der Waals surface area contributed by atoms with Crippen LogP contribution in [0.3, 0.4) is 0 Å². The molecule has 2 aliphatic rings. The third kappa shape index (κ3) is 1.44. The van der Waals surface area contributed by atoms with Gasteiger partial charge in [-0.2, -0.15) is 0 Å². The molecule has 0 spiro atoms. The second-order valence-corrected chi connectivity index (χ2v) is 5.34. The number of nitrogens with zero attached hydrogens (tertiary/aromatic N) is 1. The number of carbonyl (C=O) groups excluding carboxylic acids is 1. The summed E-state index contributed by atoms with van der Waals surface area (Å²) in [6.45, 7) is 2.15. The predicted octanol–water partition coefficient (Wildman–Crippen LogP) is 0.892. The first kappa shape index (κ1) is 9.97. The van der Waals surface area contributed by atoms with Gasteiger partial charge in [-0.05, 0) is 13.3 Å². The van der Waals surface area contributed by atoms with E-state index < -0.39 is 0 Å². The largest absolute Gasteiger partial charge is 0.347 e. The Balaban J connectivity index is 2.30. The molecule has 0 aromatic carbocycles. The summed E-state index contributed by atoms with van der Waals surface area (Å²) in [7, 11) is 4.57. The number of rotatable bonds is 0. The highest BCUT2D eigenvalue weighted by atomic mass is 16.1. The molecule has 14 heavy (non-hydrogen) atoms. The number of fused-ring (bicyclic) bond motifs is 2. The van der Waals surface area contributed by atoms with Crippen molar-refractivity contribution in [3.05, 3.63) is 0 Å². The summed E-state index contributed by atoms with van der Waals surface area (Å²) in [6, 6.07) is 1.49. The van der Waals surface area contributed by atoms with Crippen LogP contribution in [0.1, 0.15) is 32.6 Å². The van der Waals surface area contributed by atoms with Crippen molar-refractivity contribution in [1.29, 1.82) is 0 Å². The van der Waals surface area contributed by atoms with Crippen molar-refractivity contribution in [2.45, 2.75) is 50.7 Å². The predicted molar refractivity (Wildman–Crippen MR) is 55.8 cm³/mol. The molecule has 2 saturated heterocycles. The Bertz CT molecular complexity index is 250. The van der Waals surface area contributed by atoms with E-state index in [1.807, 2.05) is 0 Å². The Morgan fingerprint density at radius 1 is 1.36 bits per heavy atom. The first-order valence-corrected chi connectivity index (χ1v) is 5.64. The van der Waals surface area contributed by atoms with Gasteiger partial charge in [-0.15, -0.1) is 0 Å². The number of quaternary nitrogens is 1. The van der Waals surface area contributed by atoms with Crippen molar-refractivity contribution in [1.82, 2.24) is 5.32 Å². The number of piperidine rings is 1. The molecule has 3 heteroatoms. The van der Waals surface area contributed by atoms with Gasteiger partial charge in [0.15, 0.2) is 0 Å². The number of hydrogen-bond acceptors (Lipinski definition) is 1. The van der Waals surface area contributed by atoms with Gasteiger partial charge < -0.3 is 9.80 Å². The standard InChI is InChI=1S/C11H20N2O/c1-8-10-6-4-5-9(13(10,2)3)7-11(14)12-8/h8-10H,4-7H2,1-3H3/p+1/t8-,9-,10-/m1/s1. The average Bonchev–Trinajstić information content (AvgIpc) is 2.15. The van der Waals surface area contributed by atoms with Crippen LogP contribution in [0.25, 0.3) is 0 Å². The molecule has 1 amide bonds. The van der Waals surface area contributed by atoms with Crippen LogP contribution in [-0.2, 0) is 4.79 Å². The van der Waals surface area contributed by atoms with E-state index in [1.54, 1.807) is 0 Å². The van der Waals surface area contributed by atoms with Gasteiger partial charge >= 0.3 is 0 Å². The lowest BCUT2D eigenvalue weighted by Crippen LogP contribution is -2.61. The Labute approximate surface area is 86.1 Å². The molecule has 2 bridgehead atoms. The van der Waals surface area contributed by atoms with Gasteiger partial charge in [0, 0.05) is 12.8 Å². The summed E-state index contributed by atoms with van der Waals surface area (Å²) in [5.41, 5.74) is 0. The summed E-state index contributed by atoms with van der Waals surface area (Å²) in [6.07, 6.45) is 4.47. The van der Waals surface area contributed by atoms with Crippen LogP contribution in [0.15, 0.2) is 0 Å². The van der Waals surface area contributed by atoms with E-state index in [4.69, 9.17) is 0 Å². The van der Waals surface area contributed by atoms with Crippen LogP contribution < -0.4 is 5.32 Å². The van der Waals surface area contributed by atoms with E-state index in [0.29, 0.717) is 24.5 Å². The van der Waals surface area contributed by atoms with Crippen molar-refractivity contribution >= 4 is 5.91 Å². The van der Waals surface area contributed by atoms with Gasteiger partial charge in [0.25, 0.3) is 0 Å². The molecule has 0 radical (unpaired) electrons. The van der Waals surface area contributed by atoms with Gasteiger partial charge in [0.05, 0.1) is 32.6 Å². The number of hydrogen-bond donors (Lipinski definition) is 1. The summed E-state index contributed by atoms with van der Waals surface area (Å²) in [4.78, 5) is 11.6. The van der Waals surface area contributed by atoms with E-state index in [9.17, 15) is 4.79 Å². The van der Waals surface area contributed by atoms with E-state index >= 15 is 0 Å². The Hall–Kier alpha value is -0.570. The monoisotopic (exact) mass is 197 g/mol. The number of nitrogens with one attached hydrogen (secondary N) is 1. The molecular weight excluding hydrogens is 176 g/mol. The van der Waals surface area contributed by atoms with Crippen molar-refractivity contribution in [3.8, 4) is 0 Å². The molecule has 2 aliphatic heterocycles. The van der Waals surface area contributed by atoms with Crippen LogP contribution in [0.5, 0.6) is 0 Å². The first-order chi connectivity index (χ1) is 6.51. The molecule has 2 fully saturated rings. The van der Waals surface area contributed by atoms with Crippen LogP contribution >= 0.6 is 0 Å². The number of amides is 1. The molecule has 2 rings (SSSR count). The topological polar surface area (TPSA) is 29.1 Å². The normalized spacial score (nSPS) is 41.4. The lowest BCUT2D eigenvalue weighted by molar-refractivity contribution is -0.943. The van der Waals surface area contributed by atoms with Gasteiger partial charge in [-0.1, -0.05) is 0 Å². The molecule has 3 atom stereocenters. The highest BCUT2D eigenvalue weighted by Gasteiger charge is 2.46. The third-order valence-electron chi connectivity index (χ3n) is 4.22. The molecule has 1 N–H and O–H groups in total. The molecule has 0 aromatic rings. The molecule has 0 aliphatic carbocycles. The molecular formula is C11H21N2O+.